The van der Waals surface area contributed by atoms with E-state index in [4.69, 9.17) is 0 Å². The van der Waals surface area contributed by atoms with Crippen molar-refractivity contribution in [1.29, 1.82) is 0 Å². The molecule has 0 unspecified atom stereocenters. The summed E-state index contributed by atoms with van der Waals surface area (Å²) >= 11 is 0. The van der Waals surface area contributed by atoms with Gasteiger partial charge in [-0.3, -0.25) is 4.79 Å². The van der Waals surface area contributed by atoms with Crippen LogP contribution < -0.4 is 0 Å². The molecule has 2 aromatic rings. The van der Waals surface area contributed by atoms with Crippen molar-refractivity contribution in [1.82, 2.24) is 4.31 Å². The molecule has 0 saturated carbocycles. The molecule has 0 atom stereocenters. The van der Waals surface area contributed by atoms with Crippen molar-refractivity contribution in [2.75, 3.05) is 13.1 Å². The molecule has 1 fully saturated rings. The standard InChI is InChI=1S/C23H29NO3S/c1-16-5-8-23(19(4)13-16)28(26,27)24-11-9-21(10-12-24)22(25)15-20-7-6-17(2)18(3)14-20/h5-8,13-14,21H,9-12,15H2,1-4H3. The number of piperidine rings is 1. The van der Waals surface area contributed by atoms with Crippen LogP contribution in [-0.2, 0) is 21.2 Å². The van der Waals surface area contributed by atoms with E-state index in [1.54, 1.807) is 6.07 Å². The zero-order valence-corrected chi connectivity index (χ0v) is 18.0. The Hall–Kier alpha value is -1.98. The maximum atomic E-state index is 13.0. The molecule has 0 N–H and O–H groups in total. The van der Waals surface area contributed by atoms with Crippen LogP contribution in [0.15, 0.2) is 41.3 Å². The zero-order chi connectivity index (χ0) is 20.5. The molecule has 1 saturated heterocycles. The lowest BCUT2D eigenvalue weighted by atomic mass is 9.89. The van der Waals surface area contributed by atoms with Crippen LogP contribution in [0.2, 0.25) is 0 Å². The lowest BCUT2D eigenvalue weighted by molar-refractivity contribution is -0.123. The second kappa shape index (κ2) is 8.18. The number of carbonyl (C=O) groups is 1. The minimum absolute atomic E-state index is 0.0628. The molecule has 0 aromatic heterocycles. The molecule has 0 bridgehead atoms. The van der Waals surface area contributed by atoms with Crippen LogP contribution in [0.5, 0.6) is 0 Å². The molecule has 5 heteroatoms. The first kappa shape index (κ1) is 20.7. The van der Waals surface area contributed by atoms with Crippen molar-refractivity contribution < 1.29 is 13.2 Å². The van der Waals surface area contributed by atoms with Gasteiger partial charge >= 0.3 is 0 Å². The average molecular weight is 400 g/mol. The van der Waals surface area contributed by atoms with Gasteiger partial charge < -0.3 is 0 Å². The third-order valence-electron chi connectivity index (χ3n) is 5.81. The number of hydrogen-bond acceptors (Lipinski definition) is 3. The van der Waals surface area contributed by atoms with Gasteiger partial charge in [-0.2, -0.15) is 4.31 Å². The van der Waals surface area contributed by atoms with Crippen LogP contribution in [0.1, 0.15) is 40.7 Å². The van der Waals surface area contributed by atoms with E-state index in [-0.39, 0.29) is 11.7 Å². The summed E-state index contributed by atoms with van der Waals surface area (Å²) in [5.74, 6) is 0.152. The molecule has 28 heavy (non-hydrogen) atoms. The number of sulfonamides is 1. The van der Waals surface area contributed by atoms with Crippen molar-refractivity contribution in [3.8, 4) is 0 Å². The number of ketones is 1. The van der Waals surface area contributed by atoms with E-state index in [0.29, 0.717) is 37.2 Å². The molecule has 0 aliphatic carbocycles. The predicted octanol–water partition coefficient (Wildman–Crippen LogP) is 4.13. The van der Waals surface area contributed by atoms with E-state index < -0.39 is 10.0 Å². The highest BCUT2D eigenvalue weighted by Gasteiger charge is 2.32. The Morgan fingerprint density at radius 2 is 1.61 bits per heavy atom. The van der Waals surface area contributed by atoms with Crippen molar-refractivity contribution in [2.24, 2.45) is 5.92 Å². The molecule has 150 valence electrons. The number of nitrogens with zero attached hydrogens (tertiary/aromatic N) is 1. The van der Waals surface area contributed by atoms with Crippen LogP contribution in [-0.4, -0.2) is 31.6 Å². The van der Waals surface area contributed by atoms with Gasteiger partial charge in [0.25, 0.3) is 0 Å². The minimum Gasteiger partial charge on any atom is -0.299 e. The van der Waals surface area contributed by atoms with E-state index in [9.17, 15) is 13.2 Å². The fourth-order valence-corrected chi connectivity index (χ4v) is 5.58. The van der Waals surface area contributed by atoms with Gasteiger partial charge in [-0.15, -0.1) is 0 Å². The first-order chi connectivity index (χ1) is 13.2. The fourth-order valence-electron chi connectivity index (χ4n) is 3.90. The Bertz CT molecular complexity index is 987. The average Bonchev–Trinajstić information content (AvgIpc) is 2.64. The molecule has 1 aliphatic rings. The van der Waals surface area contributed by atoms with Gasteiger partial charge in [-0.25, -0.2) is 8.42 Å². The van der Waals surface area contributed by atoms with Crippen LogP contribution in [0.4, 0.5) is 0 Å². The molecule has 0 radical (unpaired) electrons. The van der Waals surface area contributed by atoms with Gasteiger partial charge in [-0.05, 0) is 68.9 Å². The topological polar surface area (TPSA) is 54.5 Å². The molecular weight excluding hydrogens is 370 g/mol. The summed E-state index contributed by atoms with van der Waals surface area (Å²) in [5, 5.41) is 0. The predicted molar refractivity (Wildman–Crippen MR) is 112 cm³/mol. The van der Waals surface area contributed by atoms with Gasteiger partial charge in [0.1, 0.15) is 5.78 Å². The minimum atomic E-state index is -3.51. The van der Waals surface area contributed by atoms with Gasteiger partial charge in [0, 0.05) is 25.4 Å². The summed E-state index contributed by atoms with van der Waals surface area (Å²) in [6.45, 7) is 8.71. The lowest BCUT2D eigenvalue weighted by Gasteiger charge is -2.31. The second-order valence-corrected chi connectivity index (χ2v) is 9.92. The molecular formula is C23H29NO3S. The maximum absolute atomic E-state index is 13.0. The zero-order valence-electron chi connectivity index (χ0n) is 17.2. The number of aryl methyl sites for hydroxylation is 4. The van der Waals surface area contributed by atoms with Crippen molar-refractivity contribution in [3.63, 3.8) is 0 Å². The van der Waals surface area contributed by atoms with Crippen LogP contribution in [0.3, 0.4) is 0 Å². The Labute approximate surface area is 168 Å². The summed E-state index contributed by atoms with van der Waals surface area (Å²) < 4.78 is 27.5. The van der Waals surface area contributed by atoms with Crippen LogP contribution in [0, 0.1) is 33.6 Å². The molecule has 4 nitrogen and oxygen atoms in total. The Morgan fingerprint density at radius 1 is 0.929 bits per heavy atom. The number of hydrogen-bond donors (Lipinski definition) is 0. The van der Waals surface area contributed by atoms with Crippen LogP contribution >= 0.6 is 0 Å². The van der Waals surface area contributed by atoms with Crippen molar-refractivity contribution in [2.45, 2.75) is 51.9 Å². The summed E-state index contributed by atoms with van der Waals surface area (Å²) in [6.07, 6.45) is 1.61. The van der Waals surface area contributed by atoms with Gasteiger partial charge in [0.2, 0.25) is 10.0 Å². The summed E-state index contributed by atoms with van der Waals surface area (Å²) in [6, 6.07) is 11.6. The number of carbonyl (C=O) groups excluding carboxylic acids is 1. The molecule has 1 heterocycles. The number of benzene rings is 2. The monoisotopic (exact) mass is 399 g/mol. The largest absolute Gasteiger partial charge is 0.299 e. The molecule has 0 amide bonds. The quantitative estimate of drug-likeness (QED) is 0.759. The highest BCUT2D eigenvalue weighted by atomic mass is 32.2. The van der Waals surface area contributed by atoms with E-state index in [2.05, 4.69) is 26.0 Å². The molecule has 2 aromatic carbocycles. The first-order valence-corrected chi connectivity index (χ1v) is 11.3. The van der Waals surface area contributed by atoms with E-state index >= 15 is 0 Å². The maximum Gasteiger partial charge on any atom is 0.243 e. The van der Waals surface area contributed by atoms with Crippen molar-refractivity contribution >= 4 is 15.8 Å². The Morgan fingerprint density at radius 3 is 2.21 bits per heavy atom. The molecule has 3 rings (SSSR count). The van der Waals surface area contributed by atoms with Gasteiger partial charge in [-0.1, -0.05) is 35.9 Å². The third-order valence-corrected chi connectivity index (χ3v) is 7.87. The van der Waals surface area contributed by atoms with E-state index in [0.717, 1.165) is 16.7 Å². The first-order valence-electron chi connectivity index (χ1n) is 9.84. The molecule has 0 spiro atoms. The fraction of sp³-hybridized carbons (Fsp3) is 0.435. The highest BCUT2D eigenvalue weighted by Crippen LogP contribution is 2.27. The highest BCUT2D eigenvalue weighted by molar-refractivity contribution is 7.89. The second-order valence-electron chi connectivity index (χ2n) is 8.01. The summed E-state index contributed by atoms with van der Waals surface area (Å²) in [7, 11) is -3.51. The lowest BCUT2D eigenvalue weighted by Crippen LogP contribution is -2.40. The van der Waals surface area contributed by atoms with Gasteiger partial charge in [0.05, 0.1) is 4.90 Å². The Balaban J connectivity index is 1.64. The van der Waals surface area contributed by atoms with E-state index in [1.807, 2.05) is 32.0 Å². The number of rotatable bonds is 5. The summed E-state index contributed by atoms with van der Waals surface area (Å²) in [5.41, 5.74) is 5.28. The summed E-state index contributed by atoms with van der Waals surface area (Å²) in [4.78, 5) is 13.1. The van der Waals surface area contributed by atoms with E-state index in [1.165, 1.54) is 15.4 Å². The third kappa shape index (κ3) is 4.36. The smallest absolute Gasteiger partial charge is 0.243 e. The Kier molecular flexibility index (Phi) is 6.06. The van der Waals surface area contributed by atoms with Crippen molar-refractivity contribution in [3.05, 3.63) is 64.2 Å². The van der Waals surface area contributed by atoms with Gasteiger partial charge in [0.15, 0.2) is 0 Å². The van der Waals surface area contributed by atoms with Crippen LogP contribution in [0.25, 0.3) is 0 Å². The SMILES string of the molecule is Cc1ccc(S(=O)(=O)N2CCC(C(=O)Cc3ccc(C)c(C)c3)CC2)c(C)c1. The normalized spacial score (nSPS) is 16.3. The molecule has 1 aliphatic heterocycles. The number of Topliss-reactive ketones (excluding diaryl/α,β-unsaturated/α-hetero) is 1.